The predicted molar refractivity (Wildman–Crippen MR) is 29.8 cm³/mol. The molecule has 0 aliphatic carbocycles. The van der Waals surface area contributed by atoms with E-state index in [1.54, 1.807) is 12.7 Å². The molecule has 1 amide bonds. The Morgan fingerprint density at radius 2 is 2.62 bits per heavy atom. The van der Waals surface area contributed by atoms with Crippen LogP contribution in [0, 0.1) is 0 Å². The third-order valence-corrected chi connectivity index (χ3v) is 9.15. The number of rotatable bonds is 2. The van der Waals surface area contributed by atoms with Crippen LogP contribution in [0.25, 0.3) is 0 Å². The van der Waals surface area contributed by atoms with E-state index in [1.165, 1.54) is 0 Å². The van der Waals surface area contributed by atoms with Crippen molar-refractivity contribution in [2.45, 2.75) is 6.42 Å². The zero-order valence-electron chi connectivity index (χ0n) is 4.26. The average Bonchev–Trinajstić information content (AvgIpc) is 1.79. The van der Waals surface area contributed by atoms with Gasteiger partial charge in [0.15, 0.2) is 0 Å². The second-order valence-corrected chi connectivity index (χ2v) is 13.7. The van der Waals surface area contributed by atoms with Gasteiger partial charge in [0, 0.05) is 0 Å². The van der Waals surface area contributed by atoms with E-state index >= 15 is 0 Å². The first-order valence-electron chi connectivity index (χ1n) is 2.34. The molecule has 0 unspecified atom stereocenters. The molecule has 1 saturated heterocycles. The van der Waals surface area contributed by atoms with Gasteiger partial charge in [0.05, 0.1) is 0 Å². The molecular formula is C3H4ClHgNOS. The van der Waals surface area contributed by atoms with Crippen molar-refractivity contribution < 1.29 is 26.6 Å². The molecule has 0 aromatic rings. The summed E-state index contributed by atoms with van der Waals surface area (Å²) in [5, 5.41) is 0. The summed E-state index contributed by atoms with van der Waals surface area (Å²) in [4.78, 5) is 10.5. The summed E-state index contributed by atoms with van der Waals surface area (Å²) >= 11 is -1.14. The molecular weight excluding hydrogens is 334 g/mol. The van der Waals surface area contributed by atoms with Gasteiger partial charge in [0.25, 0.3) is 0 Å². The summed E-state index contributed by atoms with van der Waals surface area (Å²) in [6, 6.07) is 0. The van der Waals surface area contributed by atoms with Crippen molar-refractivity contribution in [3.8, 4) is 0 Å². The van der Waals surface area contributed by atoms with Gasteiger partial charge in [-0.15, -0.1) is 0 Å². The van der Waals surface area contributed by atoms with Gasteiger partial charge in [-0.3, -0.25) is 0 Å². The number of hydrogen-bond donors (Lipinski definition) is 0. The number of nitrogens with zero attached hydrogens (tertiary/aromatic N) is 1. The molecule has 0 bridgehead atoms. The van der Waals surface area contributed by atoms with Gasteiger partial charge in [0.2, 0.25) is 0 Å². The van der Waals surface area contributed by atoms with E-state index in [2.05, 4.69) is 0 Å². The van der Waals surface area contributed by atoms with Crippen LogP contribution < -0.4 is 0 Å². The molecule has 1 fully saturated rings. The van der Waals surface area contributed by atoms with Gasteiger partial charge in [0.1, 0.15) is 0 Å². The molecule has 0 N–H and O–H groups in total. The summed E-state index contributed by atoms with van der Waals surface area (Å²) in [7, 11) is 7.16. The van der Waals surface area contributed by atoms with Gasteiger partial charge in [-0.1, -0.05) is 0 Å². The first-order chi connectivity index (χ1) is 3.84. The van der Waals surface area contributed by atoms with E-state index in [-0.39, 0.29) is 5.91 Å². The Hall–Kier alpha value is 1.05. The Balaban J connectivity index is 2.17. The second-order valence-electron chi connectivity index (χ2n) is 1.48. The number of amides is 1. The molecule has 1 heterocycles. The van der Waals surface area contributed by atoms with Crippen molar-refractivity contribution in [1.82, 2.24) is 4.31 Å². The normalized spacial score (nSPS) is 17.6. The third kappa shape index (κ3) is 1.51. The van der Waals surface area contributed by atoms with Crippen LogP contribution in [-0.2, 0) is 26.6 Å². The zero-order valence-corrected chi connectivity index (χ0v) is 11.3. The van der Waals surface area contributed by atoms with Gasteiger partial charge in [-0.2, -0.15) is 0 Å². The van der Waals surface area contributed by atoms with Crippen LogP contribution in [-0.4, -0.2) is 16.8 Å². The Morgan fingerprint density at radius 1 is 1.88 bits per heavy atom. The minimum absolute atomic E-state index is 0.260. The molecule has 2 nitrogen and oxygen atoms in total. The maximum absolute atomic E-state index is 10.5. The molecule has 0 radical (unpaired) electrons. The van der Waals surface area contributed by atoms with Crippen molar-refractivity contribution in [3.63, 3.8) is 0 Å². The summed E-state index contributed by atoms with van der Waals surface area (Å²) in [5.74, 6) is 0.260. The minimum atomic E-state index is -1.14. The Labute approximate surface area is 66.1 Å². The van der Waals surface area contributed by atoms with Crippen LogP contribution in [0.2, 0.25) is 0 Å². The number of hydrogen-bond acceptors (Lipinski definition) is 2. The van der Waals surface area contributed by atoms with Gasteiger partial charge in [-0.05, 0) is 0 Å². The molecule has 0 aromatic carbocycles. The van der Waals surface area contributed by atoms with Crippen molar-refractivity contribution >= 4 is 22.6 Å². The summed E-state index contributed by atoms with van der Waals surface area (Å²) in [5.41, 5.74) is 0. The van der Waals surface area contributed by atoms with Gasteiger partial charge in [-0.25, -0.2) is 0 Å². The Kier molecular flexibility index (Phi) is 2.93. The van der Waals surface area contributed by atoms with Crippen LogP contribution >= 0.6 is 16.7 Å². The van der Waals surface area contributed by atoms with Crippen LogP contribution in [0.15, 0.2) is 0 Å². The quantitative estimate of drug-likeness (QED) is 0.426. The Morgan fingerprint density at radius 3 is 2.75 bits per heavy atom. The maximum atomic E-state index is 10.5. The first-order valence-corrected chi connectivity index (χ1v) is 16.8. The van der Waals surface area contributed by atoms with Crippen molar-refractivity contribution in [2.75, 3.05) is 6.54 Å². The molecule has 42 valence electrons. The molecule has 1 aliphatic rings. The fourth-order valence-electron chi connectivity index (χ4n) is 0.490. The average molecular weight is 338 g/mol. The monoisotopic (exact) mass is 339 g/mol. The molecule has 0 spiro atoms. The van der Waals surface area contributed by atoms with E-state index in [4.69, 9.17) is 8.25 Å². The first kappa shape index (κ1) is 7.16. The van der Waals surface area contributed by atoms with E-state index < -0.39 is 21.8 Å². The summed E-state index contributed by atoms with van der Waals surface area (Å²) in [6.07, 6.45) is 0.734. The van der Waals surface area contributed by atoms with Crippen LogP contribution in [0.1, 0.15) is 6.42 Å². The molecule has 0 atom stereocenters. The topological polar surface area (TPSA) is 20.3 Å². The van der Waals surface area contributed by atoms with Crippen LogP contribution in [0.3, 0.4) is 0 Å². The molecule has 0 aromatic heterocycles. The van der Waals surface area contributed by atoms with Gasteiger partial charge < -0.3 is 0 Å². The van der Waals surface area contributed by atoms with Crippen LogP contribution in [0.4, 0.5) is 0 Å². The van der Waals surface area contributed by atoms with Crippen LogP contribution in [0.5, 0.6) is 0 Å². The van der Waals surface area contributed by atoms with Gasteiger partial charge >= 0.3 is 66.5 Å². The molecule has 1 rings (SSSR count). The standard InChI is InChI=1S/C3H4NOS.ClH.Hg/c5-3-1-2-4(3)6;;/h1-2H2;1H;/q-1;;+2/p-1. The fourth-order valence-corrected chi connectivity index (χ4v) is 8.72. The Bertz CT molecular complexity index is 111. The fraction of sp³-hybridized carbons (Fsp3) is 0.667. The third-order valence-electron chi connectivity index (χ3n) is 1.01. The second kappa shape index (κ2) is 3.27. The van der Waals surface area contributed by atoms with Crippen molar-refractivity contribution in [3.05, 3.63) is 0 Å². The van der Waals surface area contributed by atoms with E-state index in [0.29, 0.717) is 0 Å². The number of β-lactam (4-membered cyclic amide) rings is 1. The molecule has 8 heavy (non-hydrogen) atoms. The van der Waals surface area contributed by atoms with Crippen molar-refractivity contribution in [2.24, 2.45) is 0 Å². The zero-order chi connectivity index (χ0) is 5.98. The van der Waals surface area contributed by atoms with E-state index in [1.807, 2.05) is 0 Å². The predicted octanol–water partition coefficient (Wildman–Crippen LogP) is 1.02. The summed E-state index contributed by atoms with van der Waals surface area (Å²) in [6.45, 7) is 0.927. The number of carbonyl (C=O) groups excluding carboxylic acids is 1. The number of halogens is 1. The number of carbonyl (C=O) groups is 1. The molecule has 1 aliphatic heterocycles. The summed E-state index contributed by atoms with van der Waals surface area (Å²) < 4.78 is 1.77. The molecule has 5 heteroatoms. The molecule has 0 saturated carbocycles. The van der Waals surface area contributed by atoms with Crippen molar-refractivity contribution in [1.29, 1.82) is 0 Å². The van der Waals surface area contributed by atoms with E-state index in [9.17, 15) is 4.79 Å². The SMILES string of the molecule is O=C1CCN1[S][Hg][Cl]. The van der Waals surface area contributed by atoms with E-state index in [0.717, 1.165) is 13.0 Å².